The fraction of sp³-hybridized carbons (Fsp3) is 0.688. The van der Waals surface area contributed by atoms with Gasteiger partial charge in [0.05, 0.1) is 6.10 Å². The number of aromatic amines is 1. The van der Waals surface area contributed by atoms with E-state index in [0.29, 0.717) is 0 Å². The van der Waals surface area contributed by atoms with Crippen molar-refractivity contribution in [3.05, 3.63) is 33.1 Å². The largest absolute Gasteiger partial charge is 0.613 e. The average molecular weight is 436 g/mol. The molecule has 3 N–H and O–H groups in total. The van der Waals surface area contributed by atoms with Crippen molar-refractivity contribution in [1.29, 1.82) is 0 Å². The highest BCUT2D eigenvalue weighted by atomic mass is 31.1. The summed E-state index contributed by atoms with van der Waals surface area (Å²) in [6, 6.07) is 0.0875. The summed E-state index contributed by atoms with van der Waals surface area (Å²) < 4.78 is 43.2. The van der Waals surface area contributed by atoms with Gasteiger partial charge in [0.2, 0.25) is 0 Å². The SMILES string of the molecule is CC(C)OC(=O)C(C)N[P+](=O)OC[C@H]1O[C@@H](n2ccc(=O)[nH]c2=O)[C@](C)(F)[C@@H]1O. The molecule has 11 nitrogen and oxygen atoms in total. The first kappa shape index (κ1) is 23.3. The van der Waals surface area contributed by atoms with Crippen molar-refractivity contribution >= 4 is 14.1 Å². The monoisotopic (exact) mass is 436 g/mol. The molecule has 0 saturated carbocycles. The normalized spacial score (nSPS) is 28.4. The molecule has 1 aliphatic rings. The molecule has 2 rings (SSSR count). The lowest BCUT2D eigenvalue weighted by Crippen LogP contribution is -2.43. The molecule has 1 saturated heterocycles. The molecule has 1 aliphatic heterocycles. The van der Waals surface area contributed by atoms with E-state index < -0.39 is 62.2 Å². The van der Waals surface area contributed by atoms with Gasteiger partial charge in [0.1, 0.15) is 24.9 Å². The molecule has 1 fully saturated rings. The van der Waals surface area contributed by atoms with Gasteiger partial charge >= 0.3 is 19.8 Å². The van der Waals surface area contributed by atoms with Crippen molar-refractivity contribution in [3.8, 4) is 0 Å². The highest BCUT2D eigenvalue weighted by Crippen LogP contribution is 2.41. The average Bonchev–Trinajstić information content (AvgIpc) is 2.82. The molecule has 0 radical (unpaired) electrons. The predicted molar refractivity (Wildman–Crippen MR) is 98.1 cm³/mol. The number of aromatic nitrogens is 2. The Balaban J connectivity index is 2.00. The van der Waals surface area contributed by atoms with Crippen LogP contribution in [0.2, 0.25) is 0 Å². The second-order valence-corrected chi connectivity index (χ2v) is 8.06. The van der Waals surface area contributed by atoms with Crippen LogP contribution in [0.3, 0.4) is 0 Å². The number of halogens is 1. The molecule has 0 aliphatic carbocycles. The van der Waals surface area contributed by atoms with Gasteiger partial charge < -0.3 is 14.6 Å². The molecule has 2 unspecified atom stereocenters. The minimum atomic E-state index is -2.55. The van der Waals surface area contributed by atoms with Gasteiger partial charge in [0, 0.05) is 12.3 Å². The quantitative estimate of drug-likeness (QED) is 0.382. The molecule has 1 aromatic rings. The van der Waals surface area contributed by atoms with Crippen LogP contribution in [0.1, 0.15) is 33.9 Å². The fourth-order valence-corrected chi connectivity index (χ4v) is 3.46. The van der Waals surface area contributed by atoms with E-state index in [4.69, 9.17) is 14.0 Å². The molecule has 162 valence electrons. The summed E-state index contributed by atoms with van der Waals surface area (Å²) in [4.78, 5) is 36.7. The maximum Gasteiger partial charge on any atom is 0.613 e. The van der Waals surface area contributed by atoms with Gasteiger partial charge in [-0.1, -0.05) is 5.09 Å². The molecule has 0 bridgehead atoms. The summed E-state index contributed by atoms with van der Waals surface area (Å²) in [6.45, 7) is 5.31. The number of esters is 1. The van der Waals surface area contributed by atoms with E-state index in [9.17, 15) is 24.1 Å². The van der Waals surface area contributed by atoms with Gasteiger partial charge in [0.15, 0.2) is 11.9 Å². The van der Waals surface area contributed by atoms with Gasteiger partial charge in [-0.05, 0) is 32.3 Å². The Bertz CT molecular complexity index is 870. The first-order valence-electron chi connectivity index (χ1n) is 8.84. The number of aliphatic hydroxyl groups excluding tert-OH is 1. The number of nitrogens with zero attached hydrogens (tertiary/aromatic N) is 1. The summed E-state index contributed by atoms with van der Waals surface area (Å²) in [6.07, 6.45) is -3.81. The van der Waals surface area contributed by atoms with Gasteiger partial charge in [-0.15, -0.1) is 4.52 Å². The summed E-state index contributed by atoms with van der Waals surface area (Å²) in [7, 11) is -2.55. The maximum atomic E-state index is 15.0. The van der Waals surface area contributed by atoms with Crippen LogP contribution in [-0.4, -0.2) is 57.3 Å². The van der Waals surface area contributed by atoms with E-state index in [-0.39, 0.29) is 6.10 Å². The highest BCUT2D eigenvalue weighted by molar-refractivity contribution is 7.36. The number of hydrogen-bond donors (Lipinski definition) is 3. The maximum absolute atomic E-state index is 15.0. The van der Waals surface area contributed by atoms with Gasteiger partial charge in [-0.25, -0.2) is 9.18 Å². The Kier molecular flexibility index (Phi) is 7.41. The fourth-order valence-electron chi connectivity index (χ4n) is 2.69. The number of hydrogen-bond acceptors (Lipinski definition) is 8. The lowest BCUT2D eigenvalue weighted by Gasteiger charge is -2.24. The molecule has 0 spiro atoms. The second-order valence-electron chi connectivity index (χ2n) is 7.03. The Labute approximate surface area is 166 Å². The van der Waals surface area contributed by atoms with Crippen molar-refractivity contribution in [3.63, 3.8) is 0 Å². The lowest BCUT2D eigenvalue weighted by molar-refractivity contribution is -0.149. The number of H-pyrrole nitrogens is 1. The topological polar surface area (TPSA) is 149 Å². The Morgan fingerprint density at radius 3 is 2.72 bits per heavy atom. The van der Waals surface area contributed by atoms with Gasteiger partial charge in [-0.2, -0.15) is 0 Å². The molecule has 1 aromatic heterocycles. The summed E-state index contributed by atoms with van der Waals surface area (Å²) in [5.74, 6) is -0.627. The number of alkyl halides is 1. The van der Waals surface area contributed by atoms with Crippen LogP contribution < -0.4 is 16.3 Å². The number of rotatable bonds is 8. The zero-order valence-corrected chi connectivity index (χ0v) is 17.2. The molecular formula is C16H24FN3O8P+. The van der Waals surface area contributed by atoms with Crippen LogP contribution in [0.15, 0.2) is 21.9 Å². The van der Waals surface area contributed by atoms with Crippen molar-refractivity contribution < 1.29 is 32.9 Å². The van der Waals surface area contributed by atoms with Crippen molar-refractivity contribution in [2.24, 2.45) is 0 Å². The number of nitrogens with one attached hydrogen (secondary N) is 2. The van der Waals surface area contributed by atoms with E-state index in [2.05, 4.69) is 5.09 Å². The minimum Gasteiger partial charge on any atom is -0.462 e. The number of aliphatic hydroxyl groups is 1. The highest BCUT2D eigenvalue weighted by Gasteiger charge is 2.56. The minimum absolute atomic E-state index is 0.344. The molecule has 0 amide bonds. The van der Waals surface area contributed by atoms with E-state index in [0.717, 1.165) is 23.8 Å². The van der Waals surface area contributed by atoms with Crippen LogP contribution in [0.25, 0.3) is 0 Å². The van der Waals surface area contributed by atoms with E-state index in [1.165, 1.54) is 6.92 Å². The third-order valence-electron chi connectivity index (χ3n) is 4.18. The van der Waals surface area contributed by atoms with Gasteiger partial charge in [0.25, 0.3) is 5.56 Å². The summed E-state index contributed by atoms with van der Waals surface area (Å²) >= 11 is 0. The Hall–Kier alpha value is -1.98. The third kappa shape index (κ3) is 5.55. The Morgan fingerprint density at radius 2 is 2.14 bits per heavy atom. The van der Waals surface area contributed by atoms with Crippen molar-refractivity contribution in [1.82, 2.24) is 14.6 Å². The molecular weight excluding hydrogens is 412 g/mol. The number of carbonyl (C=O) groups excluding carboxylic acids is 1. The Morgan fingerprint density at radius 1 is 1.48 bits per heavy atom. The zero-order chi connectivity index (χ0) is 21.9. The molecule has 6 atom stereocenters. The standard InChI is InChI=1S/C16H23FN3O8P/c1-8(2)27-13(23)9(3)19-29(25)26-7-10-12(22)16(4,17)14(28-10)20-6-5-11(21)18-15(20)24/h5-6,8-10,12,14,22H,7H2,1-4H3,(H-,18,19,21,24,25)/p+1/t9?,10-,12-,14-,16-/m1/s1. The third-order valence-corrected chi connectivity index (χ3v) is 5.16. The zero-order valence-electron chi connectivity index (χ0n) is 16.3. The van der Waals surface area contributed by atoms with Crippen LogP contribution in [0, 0.1) is 0 Å². The van der Waals surface area contributed by atoms with Gasteiger partial charge in [-0.3, -0.25) is 19.1 Å². The first-order valence-corrected chi connectivity index (χ1v) is 10.0. The second kappa shape index (κ2) is 9.23. The smallest absolute Gasteiger partial charge is 0.462 e. The number of ether oxygens (including phenoxy) is 2. The molecule has 0 aromatic carbocycles. The van der Waals surface area contributed by atoms with E-state index in [1.807, 2.05) is 4.98 Å². The van der Waals surface area contributed by atoms with Crippen LogP contribution in [0.5, 0.6) is 0 Å². The lowest BCUT2D eigenvalue weighted by atomic mass is 9.98. The summed E-state index contributed by atoms with van der Waals surface area (Å²) in [5, 5.41) is 12.6. The van der Waals surface area contributed by atoms with E-state index >= 15 is 4.39 Å². The predicted octanol–water partition coefficient (Wildman–Crippen LogP) is 0.127. The van der Waals surface area contributed by atoms with Crippen molar-refractivity contribution in [2.75, 3.05) is 6.61 Å². The molecule has 29 heavy (non-hydrogen) atoms. The molecule has 13 heteroatoms. The number of carbonyl (C=O) groups is 1. The van der Waals surface area contributed by atoms with Crippen LogP contribution in [-0.2, 0) is 23.4 Å². The molecule has 2 heterocycles. The van der Waals surface area contributed by atoms with E-state index in [1.54, 1.807) is 13.8 Å². The first-order chi connectivity index (χ1) is 13.4. The van der Waals surface area contributed by atoms with Crippen LogP contribution >= 0.6 is 8.18 Å². The van der Waals surface area contributed by atoms with Crippen LogP contribution in [0.4, 0.5) is 4.39 Å². The summed E-state index contributed by atoms with van der Waals surface area (Å²) in [5.41, 5.74) is -3.98. The van der Waals surface area contributed by atoms with Crippen molar-refractivity contribution in [2.45, 2.75) is 63.9 Å².